The van der Waals surface area contributed by atoms with Crippen LogP contribution in [-0.4, -0.2) is 63.1 Å². The monoisotopic (exact) mass is 304 g/mol. The maximum Gasteiger partial charge on any atom is 0.317 e. The second-order valence-electron chi connectivity index (χ2n) is 5.26. The van der Waals surface area contributed by atoms with E-state index < -0.39 is 12.2 Å². The number of nitrogens with zero attached hydrogens (tertiary/aromatic N) is 1. The molecule has 0 aromatic carbocycles. The van der Waals surface area contributed by atoms with Crippen LogP contribution >= 0.6 is 0 Å². The molecular weight excluding hydrogens is 276 g/mol. The highest BCUT2D eigenvalue weighted by Gasteiger charge is 2.25. The van der Waals surface area contributed by atoms with Gasteiger partial charge in [-0.3, -0.25) is 4.79 Å². The number of hydrogen-bond donors (Lipinski definition) is 1. The Bertz CT molecular complexity index is 331. The lowest BCUT2D eigenvalue weighted by Gasteiger charge is -2.30. The molecule has 7 nitrogen and oxygen atoms in total. The minimum absolute atomic E-state index is 0.164. The van der Waals surface area contributed by atoms with E-state index in [9.17, 15) is 9.59 Å². The number of rotatable bonds is 8. The first-order valence-electron chi connectivity index (χ1n) is 7.01. The number of methoxy groups -OCH3 is 2. The van der Waals surface area contributed by atoms with Crippen molar-refractivity contribution in [3.8, 4) is 0 Å². The maximum atomic E-state index is 12.0. The minimum Gasteiger partial charge on any atom is -0.463 e. The summed E-state index contributed by atoms with van der Waals surface area (Å²) in [4.78, 5) is 25.1. The van der Waals surface area contributed by atoms with E-state index in [0.29, 0.717) is 0 Å². The molecule has 2 atom stereocenters. The van der Waals surface area contributed by atoms with Gasteiger partial charge in [0.15, 0.2) is 6.29 Å². The fourth-order valence-corrected chi connectivity index (χ4v) is 1.65. The summed E-state index contributed by atoms with van der Waals surface area (Å²) < 4.78 is 15.3. The first-order valence-corrected chi connectivity index (χ1v) is 7.01. The molecule has 2 amide bonds. The predicted octanol–water partition coefficient (Wildman–Crippen LogP) is 1.22. The van der Waals surface area contributed by atoms with Crippen LogP contribution in [0.25, 0.3) is 0 Å². The van der Waals surface area contributed by atoms with Crippen LogP contribution in [0.5, 0.6) is 0 Å². The number of carbonyl (C=O) groups is 2. The van der Waals surface area contributed by atoms with Gasteiger partial charge >= 0.3 is 12.0 Å². The highest BCUT2D eigenvalue weighted by atomic mass is 16.7. The summed E-state index contributed by atoms with van der Waals surface area (Å²) in [6.07, 6.45) is -0.674. The van der Waals surface area contributed by atoms with Gasteiger partial charge in [0.2, 0.25) is 0 Å². The van der Waals surface area contributed by atoms with Crippen molar-refractivity contribution in [3.63, 3.8) is 0 Å². The SMILES string of the molecule is COC(OC)C(C)N(C)C(=O)NCC(C)C(=O)OC(C)C. The van der Waals surface area contributed by atoms with Gasteiger partial charge in [-0.1, -0.05) is 6.92 Å². The third-order valence-corrected chi connectivity index (χ3v) is 3.10. The molecule has 21 heavy (non-hydrogen) atoms. The van der Waals surface area contributed by atoms with Crippen molar-refractivity contribution >= 4 is 12.0 Å². The van der Waals surface area contributed by atoms with Crippen LogP contribution in [0.1, 0.15) is 27.7 Å². The van der Waals surface area contributed by atoms with Crippen molar-refractivity contribution in [3.05, 3.63) is 0 Å². The van der Waals surface area contributed by atoms with Gasteiger partial charge < -0.3 is 24.4 Å². The van der Waals surface area contributed by atoms with Crippen molar-refractivity contribution in [2.24, 2.45) is 5.92 Å². The molecule has 0 radical (unpaired) electrons. The topological polar surface area (TPSA) is 77.1 Å². The van der Waals surface area contributed by atoms with E-state index >= 15 is 0 Å². The Kier molecular flexibility index (Phi) is 8.96. The number of hydrogen-bond acceptors (Lipinski definition) is 5. The van der Waals surface area contributed by atoms with Crippen molar-refractivity contribution in [2.45, 2.75) is 46.1 Å². The zero-order valence-corrected chi connectivity index (χ0v) is 14.0. The highest BCUT2D eigenvalue weighted by Crippen LogP contribution is 2.07. The number of amides is 2. The largest absolute Gasteiger partial charge is 0.463 e. The molecule has 124 valence electrons. The molecule has 0 aromatic heterocycles. The molecule has 0 fully saturated rings. The molecule has 0 saturated carbocycles. The average molecular weight is 304 g/mol. The zero-order valence-electron chi connectivity index (χ0n) is 14.0. The van der Waals surface area contributed by atoms with Gasteiger partial charge in [0.25, 0.3) is 0 Å². The lowest BCUT2D eigenvalue weighted by Crippen LogP contribution is -2.49. The molecule has 0 aliphatic rings. The molecule has 0 rings (SSSR count). The van der Waals surface area contributed by atoms with E-state index in [1.165, 1.54) is 19.1 Å². The van der Waals surface area contributed by atoms with Crippen molar-refractivity contribution in [1.29, 1.82) is 0 Å². The second kappa shape index (κ2) is 9.57. The second-order valence-corrected chi connectivity index (χ2v) is 5.26. The Labute approximate surface area is 126 Å². The molecule has 0 aromatic rings. The summed E-state index contributed by atoms with van der Waals surface area (Å²) in [6.45, 7) is 7.31. The lowest BCUT2D eigenvalue weighted by atomic mass is 10.2. The Balaban J connectivity index is 4.33. The van der Waals surface area contributed by atoms with Crippen LogP contribution in [0.4, 0.5) is 4.79 Å². The molecule has 7 heteroatoms. The molecule has 0 spiro atoms. The van der Waals surface area contributed by atoms with Gasteiger partial charge in [0, 0.05) is 27.8 Å². The highest BCUT2D eigenvalue weighted by molar-refractivity contribution is 5.76. The number of esters is 1. The molecule has 1 N–H and O–H groups in total. The maximum absolute atomic E-state index is 12.0. The standard InChI is InChI=1S/C14H28N2O5/c1-9(2)21-12(17)10(3)8-15-14(18)16(5)11(4)13(19-6)20-7/h9-11,13H,8H2,1-7H3,(H,15,18). The summed E-state index contributed by atoms with van der Waals surface area (Å²) in [6, 6.07) is -0.566. The minimum atomic E-state index is -0.510. The third kappa shape index (κ3) is 6.77. The van der Waals surface area contributed by atoms with Crippen molar-refractivity contribution in [2.75, 3.05) is 27.8 Å². The first kappa shape index (κ1) is 19.7. The summed E-state index contributed by atoms with van der Waals surface area (Å²) >= 11 is 0. The Morgan fingerprint density at radius 1 is 1.10 bits per heavy atom. The molecule has 0 aliphatic carbocycles. The van der Waals surface area contributed by atoms with Crippen LogP contribution in [0.3, 0.4) is 0 Å². The van der Waals surface area contributed by atoms with Crippen LogP contribution in [0.2, 0.25) is 0 Å². The normalized spacial score (nSPS) is 14.0. The zero-order chi connectivity index (χ0) is 16.6. The summed E-state index contributed by atoms with van der Waals surface area (Å²) in [5.41, 5.74) is 0. The molecule has 0 bridgehead atoms. The molecular formula is C14H28N2O5. The van der Waals surface area contributed by atoms with E-state index in [2.05, 4.69) is 5.32 Å². The Morgan fingerprint density at radius 2 is 1.62 bits per heavy atom. The van der Waals surface area contributed by atoms with Crippen LogP contribution in [0, 0.1) is 5.92 Å². The van der Waals surface area contributed by atoms with Crippen LogP contribution in [0.15, 0.2) is 0 Å². The van der Waals surface area contributed by atoms with Crippen LogP contribution < -0.4 is 5.32 Å². The average Bonchev–Trinajstić information content (AvgIpc) is 2.43. The Hall–Kier alpha value is -1.34. The van der Waals surface area contributed by atoms with Gasteiger partial charge in [-0.25, -0.2) is 4.79 Å². The molecule has 0 heterocycles. The molecule has 0 aliphatic heterocycles. The summed E-state index contributed by atoms with van der Waals surface area (Å²) in [5, 5.41) is 2.70. The van der Waals surface area contributed by atoms with Crippen LogP contribution in [-0.2, 0) is 19.0 Å². The fraction of sp³-hybridized carbons (Fsp3) is 0.857. The summed E-state index contributed by atoms with van der Waals surface area (Å²) in [7, 11) is 4.67. The number of carbonyl (C=O) groups excluding carboxylic acids is 2. The van der Waals surface area contributed by atoms with Crippen molar-refractivity contribution < 1.29 is 23.8 Å². The number of nitrogens with one attached hydrogen (secondary N) is 1. The van der Waals surface area contributed by atoms with E-state index in [0.717, 1.165) is 0 Å². The van der Waals surface area contributed by atoms with Gasteiger partial charge in [0.05, 0.1) is 18.1 Å². The number of urea groups is 1. The van der Waals surface area contributed by atoms with Gasteiger partial charge in [0.1, 0.15) is 0 Å². The fourth-order valence-electron chi connectivity index (χ4n) is 1.65. The lowest BCUT2D eigenvalue weighted by molar-refractivity contribution is -0.151. The van der Waals surface area contributed by atoms with Crippen molar-refractivity contribution in [1.82, 2.24) is 10.2 Å². The predicted molar refractivity (Wildman–Crippen MR) is 78.8 cm³/mol. The van der Waals surface area contributed by atoms with Gasteiger partial charge in [-0.2, -0.15) is 0 Å². The Morgan fingerprint density at radius 3 is 2.05 bits per heavy atom. The van der Waals surface area contributed by atoms with Gasteiger partial charge in [-0.05, 0) is 20.8 Å². The van der Waals surface area contributed by atoms with E-state index in [1.807, 2.05) is 6.92 Å². The molecule has 2 unspecified atom stereocenters. The van der Waals surface area contributed by atoms with E-state index in [4.69, 9.17) is 14.2 Å². The van der Waals surface area contributed by atoms with E-state index in [1.54, 1.807) is 27.8 Å². The van der Waals surface area contributed by atoms with Gasteiger partial charge in [-0.15, -0.1) is 0 Å². The van der Waals surface area contributed by atoms with E-state index in [-0.39, 0.29) is 30.7 Å². The quantitative estimate of drug-likeness (QED) is 0.539. The third-order valence-electron chi connectivity index (χ3n) is 3.10. The number of likely N-dealkylation sites (N-methyl/N-ethyl adjacent to an activating group) is 1. The number of ether oxygens (including phenoxy) is 3. The summed E-state index contributed by atoms with van der Waals surface area (Å²) in [5.74, 6) is -0.728. The first-order chi connectivity index (χ1) is 9.74. The molecule has 0 saturated heterocycles. The smallest absolute Gasteiger partial charge is 0.317 e.